The van der Waals surface area contributed by atoms with Gasteiger partial charge in [0.05, 0.1) is 34.1 Å². The summed E-state index contributed by atoms with van der Waals surface area (Å²) >= 11 is 0. The van der Waals surface area contributed by atoms with E-state index in [1.54, 1.807) is 51.1 Å². The van der Waals surface area contributed by atoms with Crippen LogP contribution < -0.4 is 4.74 Å². The molecule has 3 aromatic carbocycles. The van der Waals surface area contributed by atoms with Gasteiger partial charge < -0.3 is 9.47 Å². The number of hydrogen-bond acceptors (Lipinski definition) is 7. The number of hydrogen-bond donors (Lipinski definition) is 0. The van der Waals surface area contributed by atoms with Crippen molar-refractivity contribution in [1.82, 2.24) is 10.2 Å². The van der Waals surface area contributed by atoms with E-state index in [0.717, 1.165) is 12.1 Å². The molecule has 0 saturated heterocycles. The number of benzene rings is 3. The summed E-state index contributed by atoms with van der Waals surface area (Å²) in [4.78, 5) is 12.6. The molecule has 1 aliphatic rings. The lowest BCUT2D eigenvalue weighted by atomic mass is 9.82. The zero-order valence-corrected chi connectivity index (χ0v) is 24.5. The molecule has 1 aromatic heterocycles. The number of carbonyl (C=O) groups is 1. The SMILES string of the molecule is CC(C)(C)OC(=O)c1ccc(-c2cc(C(F)(F)F)ccc2[C@H]2CCOc3cc(S(=O)(=O)Cc4cccnn4)ccc32)cc1. The molecule has 2 heterocycles. The van der Waals surface area contributed by atoms with Crippen LogP contribution in [0, 0.1) is 0 Å². The van der Waals surface area contributed by atoms with Gasteiger partial charge in [-0.1, -0.05) is 24.3 Å². The smallest absolute Gasteiger partial charge is 0.416 e. The third-order valence-corrected chi connectivity index (χ3v) is 8.58. The summed E-state index contributed by atoms with van der Waals surface area (Å²) in [7, 11) is -3.77. The highest BCUT2D eigenvalue weighted by Crippen LogP contribution is 2.44. The highest BCUT2D eigenvalue weighted by Gasteiger charge is 2.33. The number of esters is 1. The molecule has 0 aliphatic carbocycles. The highest BCUT2D eigenvalue weighted by atomic mass is 32.2. The van der Waals surface area contributed by atoms with Crippen LogP contribution in [0.3, 0.4) is 0 Å². The van der Waals surface area contributed by atoms with Crippen molar-refractivity contribution in [3.8, 4) is 16.9 Å². The number of carbonyl (C=O) groups excluding carboxylic acids is 1. The first-order valence-electron chi connectivity index (χ1n) is 13.5. The molecule has 11 heteroatoms. The van der Waals surface area contributed by atoms with Crippen LogP contribution >= 0.6 is 0 Å². The molecule has 224 valence electrons. The van der Waals surface area contributed by atoms with Gasteiger partial charge in [0, 0.05) is 17.7 Å². The van der Waals surface area contributed by atoms with Gasteiger partial charge in [0.25, 0.3) is 0 Å². The summed E-state index contributed by atoms with van der Waals surface area (Å²) in [5, 5.41) is 7.58. The minimum atomic E-state index is -4.57. The van der Waals surface area contributed by atoms with Crippen molar-refractivity contribution in [3.63, 3.8) is 0 Å². The summed E-state index contributed by atoms with van der Waals surface area (Å²) < 4.78 is 78.8. The largest absolute Gasteiger partial charge is 0.493 e. The Bertz CT molecular complexity index is 1750. The fourth-order valence-electron chi connectivity index (χ4n) is 4.98. The maximum Gasteiger partial charge on any atom is 0.416 e. The zero-order valence-electron chi connectivity index (χ0n) is 23.7. The number of nitrogens with zero attached hydrogens (tertiary/aromatic N) is 2. The van der Waals surface area contributed by atoms with Crippen molar-refractivity contribution < 1.29 is 35.9 Å². The van der Waals surface area contributed by atoms with E-state index < -0.39 is 33.1 Å². The normalized spacial score (nSPS) is 15.3. The van der Waals surface area contributed by atoms with Gasteiger partial charge in [-0.2, -0.15) is 23.4 Å². The number of alkyl halides is 3. The Balaban J connectivity index is 1.53. The van der Waals surface area contributed by atoms with Gasteiger partial charge in [-0.3, -0.25) is 0 Å². The van der Waals surface area contributed by atoms with E-state index in [1.165, 1.54) is 36.5 Å². The van der Waals surface area contributed by atoms with Crippen molar-refractivity contribution in [2.75, 3.05) is 6.61 Å². The predicted molar refractivity (Wildman–Crippen MR) is 153 cm³/mol. The maximum absolute atomic E-state index is 13.8. The van der Waals surface area contributed by atoms with E-state index >= 15 is 0 Å². The quantitative estimate of drug-likeness (QED) is 0.217. The lowest BCUT2D eigenvalue weighted by molar-refractivity contribution is -0.137. The summed E-state index contributed by atoms with van der Waals surface area (Å²) in [6.07, 6.45) is -2.65. The number of halogens is 3. The number of aromatic nitrogens is 2. The first kappa shape index (κ1) is 30.2. The van der Waals surface area contributed by atoms with E-state index in [4.69, 9.17) is 9.47 Å². The van der Waals surface area contributed by atoms with Crippen molar-refractivity contribution >= 4 is 15.8 Å². The Morgan fingerprint density at radius 2 is 1.70 bits per heavy atom. The number of fused-ring (bicyclic) bond motifs is 1. The average molecular weight is 611 g/mol. The van der Waals surface area contributed by atoms with Gasteiger partial charge >= 0.3 is 12.1 Å². The molecule has 0 unspecified atom stereocenters. The monoisotopic (exact) mass is 610 g/mol. The standard InChI is InChI=1S/C32H29F3N2O5S/c1-31(2,3)42-30(38)21-8-6-20(7-9-21)28-17-22(32(33,34)35)10-12-25(28)26-14-16-41-29-18-24(11-13-27(26)29)43(39,40)19-23-5-4-15-36-37-23/h4-13,15,17-18,26H,14,16,19H2,1-3H3/t26-/m1/s1. The Labute approximate surface area is 247 Å². The van der Waals surface area contributed by atoms with Gasteiger partial charge in [-0.05, 0) is 92.4 Å². The summed E-state index contributed by atoms with van der Waals surface area (Å²) in [6, 6.07) is 17.6. The molecule has 0 spiro atoms. The molecule has 0 bridgehead atoms. The average Bonchev–Trinajstić information content (AvgIpc) is 2.95. The molecule has 7 nitrogen and oxygen atoms in total. The minimum absolute atomic E-state index is 0.0444. The highest BCUT2D eigenvalue weighted by molar-refractivity contribution is 7.90. The van der Waals surface area contributed by atoms with Crippen molar-refractivity contribution in [2.24, 2.45) is 0 Å². The van der Waals surface area contributed by atoms with Crippen LogP contribution in [-0.2, 0) is 26.5 Å². The molecule has 0 radical (unpaired) electrons. The molecular weight excluding hydrogens is 581 g/mol. The molecule has 0 fully saturated rings. The molecule has 43 heavy (non-hydrogen) atoms. The van der Waals surface area contributed by atoms with E-state index in [1.807, 2.05) is 0 Å². The minimum Gasteiger partial charge on any atom is -0.493 e. The fourth-order valence-corrected chi connectivity index (χ4v) is 6.26. The van der Waals surface area contributed by atoms with Crippen LogP contribution in [0.5, 0.6) is 5.75 Å². The molecule has 5 rings (SSSR count). The number of rotatable bonds is 6. The van der Waals surface area contributed by atoms with Gasteiger partial charge in [0.1, 0.15) is 11.4 Å². The van der Waals surface area contributed by atoms with Gasteiger partial charge in [0.15, 0.2) is 9.84 Å². The molecule has 0 N–H and O–H groups in total. The van der Waals surface area contributed by atoms with Crippen LogP contribution in [0.1, 0.15) is 65.9 Å². The molecule has 0 saturated carbocycles. The first-order chi connectivity index (χ1) is 20.2. The van der Waals surface area contributed by atoms with Crippen LogP contribution in [0.25, 0.3) is 11.1 Å². The third-order valence-electron chi connectivity index (χ3n) is 6.94. The third kappa shape index (κ3) is 6.88. The van der Waals surface area contributed by atoms with E-state index in [-0.39, 0.29) is 28.7 Å². The molecule has 4 aromatic rings. The van der Waals surface area contributed by atoms with Gasteiger partial charge in [-0.15, -0.1) is 0 Å². The Morgan fingerprint density at radius 1 is 0.977 bits per heavy atom. The van der Waals surface area contributed by atoms with E-state index in [2.05, 4.69) is 10.2 Å². The molecular formula is C32H29F3N2O5S. The maximum atomic E-state index is 13.8. The number of ether oxygens (including phenoxy) is 2. The van der Waals surface area contributed by atoms with Gasteiger partial charge in [-0.25, -0.2) is 13.2 Å². The first-order valence-corrected chi connectivity index (χ1v) is 15.2. The zero-order chi connectivity index (χ0) is 31.0. The summed E-state index contributed by atoms with van der Waals surface area (Å²) in [6.45, 7) is 5.48. The Kier molecular flexibility index (Phi) is 8.04. The summed E-state index contributed by atoms with van der Waals surface area (Å²) in [5.41, 5.74) is 1.20. The second-order valence-corrected chi connectivity index (χ2v) is 13.2. The molecule has 1 aliphatic heterocycles. The van der Waals surface area contributed by atoms with E-state index in [0.29, 0.717) is 40.1 Å². The number of sulfone groups is 1. The lowest BCUT2D eigenvalue weighted by Crippen LogP contribution is -2.23. The van der Waals surface area contributed by atoms with Crippen LogP contribution in [0.2, 0.25) is 0 Å². The van der Waals surface area contributed by atoms with Crippen LogP contribution in [0.4, 0.5) is 13.2 Å². The van der Waals surface area contributed by atoms with E-state index in [9.17, 15) is 26.4 Å². The van der Waals surface area contributed by atoms with Crippen LogP contribution in [-0.4, -0.2) is 36.8 Å². The van der Waals surface area contributed by atoms with Crippen molar-refractivity contribution in [3.05, 3.63) is 107 Å². The Hall–Kier alpha value is -4.25. The molecule has 0 amide bonds. The fraction of sp³-hybridized carbons (Fsp3) is 0.281. The predicted octanol–water partition coefficient (Wildman–Crippen LogP) is 7.01. The second kappa shape index (κ2) is 11.4. The van der Waals surface area contributed by atoms with Crippen molar-refractivity contribution in [1.29, 1.82) is 0 Å². The second-order valence-electron chi connectivity index (χ2n) is 11.2. The topological polar surface area (TPSA) is 95.5 Å². The molecule has 1 atom stereocenters. The van der Waals surface area contributed by atoms with Crippen LogP contribution in [0.15, 0.2) is 83.9 Å². The summed E-state index contributed by atoms with van der Waals surface area (Å²) in [5.74, 6) is -0.900. The van der Waals surface area contributed by atoms with Crippen molar-refractivity contribution in [2.45, 2.75) is 55.5 Å². The van der Waals surface area contributed by atoms with Gasteiger partial charge in [0.2, 0.25) is 0 Å². The lowest BCUT2D eigenvalue weighted by Gasteiger charge is -2.29. The Morgan fingerprint density at radius 3 is 2.35 bits per heavy atom.